The van der Waals surface area contributed by atoms with E-state index in [9.17, 15) is 9.59 Å². The van der Waals surface area contributed by atoms with Gasteiger partial charge in [-0.1, -0.05) is 6.92 Å². The smallest absolute Gasteiger partial charge is 0.347 e. The van der Waals surface area contributed by atoms with Crippen LogP contribution < -0.4 is 0 Å². The fourth-order valence-electron chi connectivity index (χ4n) is 3.57. The van der Waals surface area contributed by atoms with Crippen molar-refractivity contribution >= 4 is 28.9 Å². The molecule has 1 N–H and O–H groups in total. The van der Waals surface area contributed by atoms with Crippen molar-refractivity contribution < 1.29 is 19.1 Å². The van der Waals surface area contributed by atoms with E-state index in [1.54, 1.807) is 25.4 Å². The lowest BCUT2D eigenvalue weighted by Gasteiger charge is -2.32. The molecule has 2 aliphatic heterocycles. The van der Waals surface area contributed by atoms with E-state index in [0.717, 1.165) is 42.5 Å². The highest BCUT2D eigenvalue weighted by Gasteiger charge is 2.39. The Balaban J connectivity index is 1.69. The molecule has 2 aromatic heterocycles. The number of carbonyl (C=O) groups excluding carboxylic acids is 2. The molecule has 1 fully saturated rings. The van der Waals surface area contributed by atoms with Gasteiger partial charge in [0.1, 0.15) is 5.65 Å². The summed E-state index contributed by atoms with van der Waals surface area (Å²) in [6.07, 6.45) is 7.10. The SMILES string of the molecule is CCOC(=O)C1=C(N2CCC(C)CC2)O/C(=C\c2c[nH]c3ncccc23)C1=O. The number of aromatic nitrogens is 2. The summed E-state index contributed by atoms with van der Waals surface area (Å²) in [6, 6.07) is 3.75. The van der Waals surface area contributed by atoms with Crippen molar-refractivity contribution in [2.45, 2.75) is 26.7 Å². The summed E-state index contributed by atoms with van der Waals surface area (Å²) in [5.41, 5.74) is 1.49. The molecule has 0 unspecified atom stereocenters. The quantitative estimate of drug-likeness (QED) is 0.498. The molecule has 7 heteroatoms. The topological polar surface area (TPSA) is 84.5 Å². The highest BCUT2D eigenvalue weighted by Crippen LogP contribution is 2.33. The predicted molar refractivity (Wildman–Crippen MR) is 104 cm³/mol. The molecule has 4 heterocycles. The van der Waals surface area contributed by atoms with Crippen LogP contribution in [-0.4, -0.2) is 46.3 Å². The van der Waals surface area contributed by atoms with Gasteiger partial charge in [0.2, 0.25) is 11.7 Å². The predicted octanol–water partition coefficient (Wildman–Crippen LogP) is 3.01. The Hall–Kier alpha value is -3.09. The summed E-state index contributed by atoms with van der Waals surface area (Å²) in [5.74, 6) is -0.00912. The Morgan fingerprint density at radius 3 is 2.96 bits per heavy atom. The summed E-state index contributed by atoms with van der Waals surface area (Å²) in [7, 11) is 0. The molecule has 0 saturated carbocycles. The van der Waals surface area contributed by atoms with E-state index < -0.39 is 11.8 Å². The third-order valence-corrected chi connectivity index (χ3v) is 5.19. The fraction of sp³-hybridized carbons (Fsp3) is 0.381. The Labute approximate surface area is 163 Å². The number of allylic oxidation sites excluding steroid dienone is 1. The number of aromatic amines is 1. The molecule has 7 nitrogen and oxygen atoms in total. The van der Waals surface area contributed by atoms with Crippen LogP contribution in [0.15, 0.2) is 41.7 Å². The number of hydrogen-bond acceptors (Lipinski definition) is 6. The molecule has 0 amide bonds. The van der Waals surface area contributed by atoms with E-state index in [2.05, 4.69) is 16.9 Å². The fourth-order valence-corrected chi connectivity index (χ4v) is 3.57. The lowest BCUT2D eigenvalue weighted by Crippen LogP contribution is -2.33. The normalized spacial score (nSPS) is 19.6. The standard InChI is InChI=1S/C21H23N3O4/c1-3-27-21(26)17-18(25)16(28-20(17)24-9-6-13(2)7-10-24)11-14-12-23-19-15(14)5-4-8-22-19/h4-5,8,11-13H,3,6-7,9-10H2,1-2H3,(H,22,23)/b16-11-. The molecule has 146 valence electrons. The first-order chi connectivity index (χ1) is 13.6. The van der Waals surface area contributed by atoms with Gasteiger partial charge in [-0.05, 0) is 43.9 Å². The number of fused-ring (bicyclic) bond motifs is 1. The number of hydrogen-bond donors (Lipinski definition) is 1. The van der Waals surface area contributed by atoms with Gasteiger partial charge in [-0.3, -0.25) is 4.79 Å². The Kier molecular flexibility index (Phi) is 4.90. The number of H-pyrrole nitrogens is 1. The number of Topliss-reactive ketones (excluding diaryl/α,β-unsaturated/α-hetero) is 1. The zero-order chi connectivity index (χ0) is 19.7. The lowest BCUT2D eigenvalue weighted by molar-refractivity contribution is -0.139. The second-order valence-corrected chi connectivity index (χ2v) is 7.15. The number of pyridine rings is 1. The van der Waals surface area contributed by atoms with Crippen molar-refractivity contribution in [3.8, 4) is 0 Å². The second kappa shape index (κ2) is 7.50. The van der Waals surface area contributed by atoms with Gasteiger partial charge in [-0.15, -0.1) is 0 Å². The van der Waals surface area contributed by atoms with Crippen LogP contribution in [0, 0.1) is 5.92 Å². The number of likely N-dealkylation sites (tertiary alicyclic amines) is 1. The molecular formula is C21H23N3O4. The van der Waals surface area contributed by atoms with Crippen LogP contribution in [0.5, 0.6) is 0 Å². The van der Waals surface area contributed by atoms with Crippen molar-refractivity contribution in [2.24, 2.45) is 5.92 Å². The highest BCUT2D eigenvalue weighted by atomic mass is 16.5. The number of ketones is 1. The summed E-state index contributed by atoms with van der Waals surface area (Å²) in [4.78, 5) is 34.8. The molecule has 4 rings (SSSR count). The Bertz CT molecular complexity index is 980. The van der Waals surface area contributed by atoms with Crippen molar-refractivity contribution in [1.82, 2.24) is 14.9 Å². The third-order valence-electron chi connectivity index (χ3n) is 5.19. The Morgan fingerprint density at radius 1 is 1.43 bits per heavy atom. The van der Waals surface area contributed by atoms with E-state index in [1.807, 2.05) is 17.0 Å². The number of esters is 1. The van der Waals surface area contributed by atoms with Gasteiger partial charge in [-0.2, -0.15) is 0 Å². The molecule has 1 saturated heterocycles. The van der Waals surface area contributed by atoms with Gasteiger partial charge >= 0.3 is 5.97 Å². The number of carbonyl (C=O) groups is 2. The van der Waals surface area contributed by atoms with Crippen molar-refractivity contribution in [1.29, 1.82) is 0 Å². The minimum Gasteiger partial charge on any atom is -0.462 e. The van der Waals surface area contributed by atoms with Crippen LogP contribution in [-0.2, 0) is 19.1 Å². The largest absolute Gasteiger partial charge is 0.462 e. The van der Waals surface area contributed by atoms with Gasteiger partial charge < -0.3 is 19.4 Å². The molecular weight excluding hydrogens is 358 g/mol. The number of piperidine rings is 1. The summed E-state index contributed by atoms with van der Waals surface area (Å²) < 4.78 is 11.1. The molecule has 0 radical (unpaired) electrons. The third kappa shape index (κ3) is 3.28. The molecule has 0 spiro atoms. The first-order valence-corrected chi connectivity index (χ1v) is 9.61. The molecule has 0 aromatic carbocycles. The molecule has 0 aliphatic carbocycles. The van der Waals surface area contributed by atoms with E-state index in [0.29, 0.717) is 11.8 Å². The molecule has 28 heavy (non-hydrogen) atoms. The number of ether oxygens (including phenoxy) is 2. The van der Waals surface area contributed by atoms with Gasteiger partial charge in [0.15, 0.2) is 11.3 Å². The van der Waals surface area contributed by atoms with Crippen LogP contribution in [0.2, 0.25) is 0 Å². The van der Waals surface area contributed by atoms with Crippen LogP contribution in [0.25, 0.3) is 17.1 Å². The van der Waals surface area contributed by atoms with Crippen LogP contribution in [0.3, 0.4) is 0 Å². The number of nitrogens with one attached hydrogen (secondary N) is 1. The maximum atomic E-state index is 13.0. The Morgan fingerprint density at radius 2 is 2.21 bits per heavy atom. The van der Waals surface area contributed by atoms with E-state index in [1.165, 1.54) is 0 Å². The van der Waals surface area contributed by atoms with Crippen LogP contribution >= 0.6 is 0 Å². The second-order valence-electron chi connectivity index (χ2n) is 7.15. The maximum absolute atomic E-state index is 13.0. The van der Waals surface area contributed by atoms with Gasteiger partial charge in [-0.25, -0.2) is 9.78 Å². The molecule has 0 atom stereocenters. The summed E-state index contributed by atoms with van der Waals surface area (Å²) in [5, 5.41) is 0.879. The van der Waals surface area contributed by atoms with Crippen molar-refractivity contribution in [2.75, 3.05) is 19.7 Å². The number of nitrogens with zero attached hydrogens (tertiary/aromatic N) is 2. The van der Waals surface area contributed by atoms with E-state index in [4.69, 9.17) is 9.47 Å². The molecule has 2 aromatic rings. The lowest BCUT2D eigenvalue weighted by atomic mass is 9.99. The zero-order valence-electron chi connectivity index (χ0n) is 16.0. The van der Waals surface area contributed by atoms with Gasteiger partial charge in [0, 0.05) is 36.4 Å². The van der Waals surface area contributed by atoms with Gasteiger partial charge in [0.05, 0.1) is 6.61 Å². The number of rotatable bonds is 4. The molecule has 0 bridgehead atoms. The first kappa shape index (κ1) is 18.3. The molecule has 2 aliphatic rings. The maximum Gasteiger partial charge on any atom is 0.347 e. The van der Waals surface area contributed by atoms with E-state index >= 15 is 0 Å². The average Bonchev–Trinajstić information content (AvgIpc) is 3.25. The minimum atomic E-state index is -0.634. The summed E-state index contributed by atoms with van der Waals surface area (Å²) >= 11 is 0. The van der Waals surface area contributed by atoms with Crippen molar-refractivity contribution in [3.05, 3.63) is 47.3 Å². The average molecular weight is 381 g/mol. The van der Waals surface area contributed by atoms with Gasteiger partial charge in [0.25, 0.3) is 0 Å². The van der Waals surface area contributed by atoms with E-state index in [-0.39, 0.29) is 17.9 Å². The highest BCUT2D eigenvalue weighted by molar-refractivity contribution is 6.26. The van der Waals surface area contributed by atoms with Crippen LogP contribution in [0.1, 0.15) is 32.3 Å². The zero-order valence-corrected chi connectivity index (χ0v) is 16.0. The first-order valence-electron chi connectivity index (χ1n) is 9.61. The summed E-state index contributed by atoms with van der Waals surface area (Å²) in [6.45, 7) is 5.62. The van der Waals surface area contributed by atoms with Crippen molar-refractivity contribution in [3.63, 3.8) is 0 Å². The van der Waals surface area contributed by atoms with Crippen LogP contribution in [0.4, 0.5) is 0 Å². The minimum absolute atomic E-state index is 0.0133. The monoisotopic (exact) mass is 381 g/mol.